The Morgan fingerprint density at radius 3 is 2.29 bits per heavy atom. The predicted molar refractivity (Wildman–Crippen MR) is 149 cm³/mol. The Morgan fingerprint density at radius 1 is 0.857 bits per heavy atom. The van der Waals surface area contributed by atoms with Crippen LogP contribution in [0.25, 0.3) is 33.2 Å². The van der Waals surface area contributed by atoms with Gasteiger partial charge in [0.2, 0.25) is 0 Å². The van der Waals surface area contributed by atoms with Gasteiger partial charge < -0.3 is 14.9 Å². The number of benzene rings is 3. The Labute approximate surface area is 226 Å². The molecule has 0 aliphatic heterocycles. The number of hydrogen-bond donors (Lipinski definition) is 0. The van der Waals surface area contributed by atoms with Crippen molar-refractivity contribution in [3.05, 3.63) is 104 Å². The van der Waals surface area contributed by atoms with E-state index < -0.39 is 0 Å². The van der Waals surface area contributed by atoms with E-state index in [1.807, 2.05) is 6.20 Å². The van der Waals surface area contributed by atoms with Gasteiger partial charge in [0.05, 0.1) is 5.69 Å². The van der Waals surface area contributed by atoms with Gasteiger partial charge in [-0.05, 0) is 76.6 Å². The molecule has 1 fully saturated rings. The van der Waals surface area contributed by atoms with Crippen molar-refractivity contribution >= 4 is 20.4 Å². The molecule has 0 atom stereocenters. The Kier molecular flexibility index (Phi) is 8.64. The van der Waals surface area contributed by atoms with Crippen LogP contribution in [0.3, 0.4) is 0 Å². The zero-order chi connectivity index (χ0) is 23.2. The van der Waals surface area contributed by atoms with E-state index in [-0.39, 0.29) is 20.3 Å². The zero-order valence-electron chi connectivity index (χ0n) is 21.4. The summed E-state index contributed by atoms with van der Waals surface area (Å²) in [7, 11) is 4.64. The first-order valence-corrected chi connectivity index (χ1v) is 14.8. The zero-order valence-corrected chi connectivity index (χ0v) is 24.6. The van der Waals surface area contributed by atoms with E-state index in [4.69, 9.17) is 4.98 Å². The SMILES string of the molecule is Cc1cc2c(c(-c3nccc4cc(C5CCCC5)ccc34)c1)C(C)(C)c1ccccc1-2.[CH3-].[CH3-].[Cl][Ir+2]. The van der Waals surface area contributed by atoms with Crippen molar-refractivity contribution in [2.24, 2.45) is 0 Å². The first kappa shape index (κ1) is 27.6. The molecule has 2 aliphatic carbocycles. The summed E-state index contributed by atoms with van der Waals surface area (Å²) in [5.74, 6) is 0.734. The third kappa shape index (κ3) is 4.62. The molecule has 0 spiro atoms. The maximum atomic E-state index is 4.95. The predicted octanol–water partition coefficient (Wildman–Crippen LogP) is 9.76. The van der Waals surface area contributed by atoms with Crippen LogP contribution in [0.4, 0.5) is 0 Å². The first-order valence-electron chi connectivity index (χ1n) is 11.8. The van der Waals surface area contributed by atoms with Crippen LogP contribution in [0.1, 0.15) is 67.7 Å². The minimum atomic E-state index is -0.0391. The van der Waals surface area contributed by atoms with Crippen molar-refractivity contribution < 1.29 is 17.9 Å². The molecule has 2 aliphatic rings. The van der Waals surface area contributed by atoms with Crippen molar-refractivity contribution in [3.63, 3.8) is 0 Å². The Balaban J connectivity index is 0.000000835. The number of hydrogen-bond acceptors (Lipinski definition) is 1. The van der Waals surface area contributed by atoms with Gasteiger partial charge in [0.15, 0.2) is 0 Å². The van der Waals surface area contributed by atoms with E-state index in [2.05, 4.69) is 91.0 Å². The number of halogens is 1. The summed E-state index contributed by atoms with van der Waals surface area (Å²) in [6.07, 6.45) is 7.41. The van der Waals surface area contributed by atoms with Gasteiger partial charge in [-0.3, -0.25) is 4.98 Å². The van der Waals surface area contributed by atoms with E-state index in [9.17, 15) is 0 Å². The second-order valence-electron chi connectivity index (χ2n) is 10.0. The average Bonchev–Trinajstić information content (AvgIpc) is 3.45. The molecule has 0 radical (unpaired) electrons. The standard InChI is InChI=1S/C30H29N.2CH3.ClH.Ir/c1-19-16-25-24-10-6-7-11-27(24)30(2,3)28(25)26(17-19)29-23-13-12-21(20-8-4-5-9-20)18-22(23)14-15-31-29;;;;/h6-7,10-18,20H,4-5,8-9H2,1-3H3;2*1H3;1H;/q;2*-1;;+3/p-1. The van der Waals surface area contributed by atoms with Crippen molar-refractivity contribution in [2.45, 2.75) is 57.8 Å². The van der Waals surface area contributed by atoms with Crippen LogP contribution in [0.15, 0.2) is 66.9 Å². The summed E-state index contributed by atoms with van der Waals surface area (Å²) < 4.78 is 0. The average molecular weight is 661 g/mol. The first-order chi connectivity index (χ1) is 16.0. The van der Waals surface area contributed by atoms with Crippen LogP contribution in [0, 0.1) is 21.8 Å². The van der Waals surface area contributed by atoms with Crippen LogP contribution in [0.2, 0.25) is 0 Å². The molecule has 3 heteroatoms. The number of fused-ring (bicyclic) bond motifs is 4. The molecule has 6 rings (SSSR count). The number of aromatic nitrogens is 1. The van der Waals surface area contributed by atoms with Gasteiger partial charge in [0, 0.05) is 22.6 Å². The fourth-order valence-corrected chi connectivity index (χ4v) is 6.18. The number of rotatable bonds is 2. The normalized spacial score (nSPS) is 15.3. The van der Waals surface area contributed by atoms with Crippen LogP contribution in [0.5, 0.6) is 0 Å². The van der Waals surface area contributed by atoms with Gasteiger partial charge in [0.25, 0.3) is 0 Å². The van der Waals surface area contributed by atoms with Crippen LogP contribution < -0.4 is 0 Å². The van der Waals surface area contributed by atoms with Crippen LogP contribution in [-0.2, 0) is 23.3 Å². The summed E-state index contributed by atoms with van der Waals surface area (Å²) in [5, 5.41) is 2.58. The number of aryl methyl sites for hydroxylation is 1. The van der Waals surface area contributed by atoms with Gasteiger partial charge >= 0.3 is 27.5 Å². The summed E-state index contributed by atoms with van der Waals surface area (Å²) in [6, 6.07) is 22.9. The van der Waals surface area contributed by atoms with Gasteiger partial charge in [-0.1, -0.05) is 75.2 Å². The molecule has 0 bridgehead atoms. The van der Waals surface area contributed by atoms with E-state index in [1.54, 1.807) is 0 Å². The van der Waals surface area contributed by atoms with Crippen molar-refractivity contribution in [1.82, 2.24) is 4.98 Å². The Morgan fingerprint density at radius 2 is 1.54 bits per heavy atom. The fraction of sp³-hybridized carbons (Fsp3) is 0.281. The van der Waals surface area contributed by atoms with Crippen molar-refractivity contribution in [1.29, 1.82) is 0 Å². The van der Waals surface area contributed by atoms with Crippen molar-refractivity contribution in [3.8, 4) is 22.4 Å². The van der Waals surface area contributed by atoms with Gasteiger partial charge in [-0.15, -0.1) is 0 Å². The maximum absolute atomic E-state index is 4.95. The summed E-state index contributed by atoms with van der Waals surface area (Å²) in [6.45, 7) is 6.93. The molecular formula is C32H35ClIrN. The molecule has 184 valence electrons. The second kappa shape index (κ2) is 11.0. The van der Waals surface area contributed by atoms with Crippen LogP contribution in [-0.4, -0.2) is 4.98 Å². The quantitative estimate of drug-likeness (QED) is 0.195. The third-order valence-electron chi connectivity index (χ3n) is 7.67. The molecule has 35 heavy (non-hydrogen) atoms. The van der Waals surface area contributed by atoms with E-state index in [0.717, 1.165) is 11.6 Å². The molecule has 0 N–H and O–H groups in total. The molecular weight excluding hydrogens is 626 g/mol. The Bertz CT molecular complexity index is 1330. The minimum absolute atomic E-state index is 0. The molecule has 1 aromatic heterocycles. The van der Waals surface area contributed by atoms with Gasteiger partial charge in [0.1, 0.15) is 0 Å². The fourth-order valence-electron chi connectivity index (χ4n) is 6.18. The third-order valence-corrected chi connectivity index (χ3v) is 7.67. The van der Waals surface area contributed by atoms with Gasteiger partial charge in [-0.25, -0.2) is 0 Å². The summed E-state index contributed by atoms with van der Waals surface area (Å²) in [5.41, 5.74) is 10.7. The molecule has 0 unspecified atom stereocenters. The molecule has 0 amide bonds. The van der Waals surface area contributed by atoms with Crippen molar-refractivity contribution in [2.75, 3.05) is 0 Å². The second-order valence-corrected chi connectivity index (χ2v) is 10.0. The number of pyridine rings is 1. The molecule has 3 aromatic carbocycles. The van der Waals surface area contributed by atoms with Crippen LogP contribution >= 0.6 is 9.58 Å². The molecule has 1 saturated carbocycles. The topological polar surface area (TPSA) is 12.9 Å². The molecule has 0 saturated heterocycles. The molecule has 4 aromatic rings. The Hall–Kier alpha value is -1.99. The number of nitrogens with zero attached hydrogens (tertiary/aromatic N) is 1. The summed E-state index contributed by atoms with van der Waals surface area (Å²) >= 11 is 1.47. The van der Waals surface area contributed by atoms with Gasteiger partial charge in [-0.2, -0.15) is 0 Å². The summed E-state index contributed by atoms with van der Waals surface area (Å²) in [4.78, 5) is 4.95. The van der Waals surface area contributed by atoms with E-state index >= 15 is 0 Å². The van der Waals surface area contributed by atoms with E-state index in [1.165, 1.54) is 93.3 Å². The monoisotopic (exact) mass is 661 g/mol. The molecule has 1 heterocycles. The van der Waals surface area contributed by atoms with E-state index in [0.29, 0.717) is 0 Å². The molecule has 1 nitrogen and oxygen atoms in total.